The first-order valence-corrected chi connectivity index (χ1v) is 30.3. The number of esters is 3. The van der Waals surface area contributed by atoms with E-state index in [0.29, 0.717) is 12.8 Å². The normalized spacial score (nSPS) is 12.4. The summed E-state index contributed by atoms with van der Waals surface area (Å²) in [7, 11) is 0. The molecule has 0 radical (unpaired) electrons. The Kier molecular flexibility index (Phi) is 56.3. The van der Waals surface area contributed by atoms with Gasteiger partial charge in [-0.15, -0.1) is 0 Å². The Morgan fingerprint density at radius 2 is 0.543 bits per heavy atom. The van der Waals surface area contributed by atoms with E-state index in [2.05, 4.69) is 69.4 Å². The number of ether oxygens (including phenoxy) is 3. The molecule has 0 rings (SSSR count). The van der Waals surface area contributed by atoms with Gasteiger partial charge in [-0.05, 0) is 44.9 Å². The van der Waals surface area contributed by atoms with Gasteiger partial charge in [-0.3, -0.25) is 14.4 Å². The lowest BCUT2D eigenvalue weighted by molar-refractivity contribution is -0.166. The summed E-state index contributed by atoms with van der Waals surface area (Å²) in [6, 6.07) is 0. The summed E-state index contributed by atoms with van der Waals surface area (Å²) in [5, 5.41) is 0. The number of allylic oxidation sites excluding steroid dienone is 9. The van der Waals surface area contributed by atoms with E-state index in [0.717, 1.165) is 70.6 Å². The van der Waals surface area contributed by atoms with Crippen LogP contribution >= 0.6 is 0 Å². The van der Waals surface area contributed by atoms with Gasteiger partial charge in [0.25, 0.3) is 0 Å². The first kappa shape index (κ1) is 67.1. The molecule has 0 fully saturated rings. The topological polar surface area (TPSA) is 78.9 Å². The summed E-state index contributed by atoms with van der Waals surface area (Å²) in [5.41, 5.74) is 0. The fourth-order valence-corrected chi connectivity index (χ4v) is 8.82. The average molecular weight is 980 g/mol. The second-order valence-corrected chi connectivity index (χ2v) is 20.3. The molecule has 0 aromatic rings. The summed E-state index contributed by atoms with van der Waals surface area (Å²) >= 11 is 0. The maximum atomic E-state index is 12.7. The van der Waals surface area contributed by atoms with E-state index in [1.165, 1.54) is 199 Å². The highest BCUT2D eigenvalue weighted by molar-refractivity contribution is 5.72. The molecular formula is C64H114O6. The minimum Gasteiger partial charge on any atom is -0.462 e. The van der Waals surface area contributed by atoms with Crippen LogP contribution in [0.3, 0.4) is 0 Å². The highest BCUT2D eigenvalue weighted by atomic mass is 16.6. The molecule has 1 atom stereocenters. The highest BCUT2D eigenvalue weighted by Crippen LogP contribution is 2.17. The number of rotatable bonds is 55. The molecule has 6 heteroatoms. The molecule has 0 amide bonds. The molecule has 0 aromatic heterocycles. The van der Waals surface area contributed by atoms with Gasteiger partial charge in [0.05, 0.1) is 6.42 Å². The van der Waals surface area contributed by atoms with Gasteiger partial charge in [0.15, 0.2) is 6.10 Å². The van der Waals surface area contributed by atoms with Crippen molar-refractivity contribution in [2.45, 2.75) is 316 Å². The van der Waals surface area contributed by atoms with Crippen LogP contribution in [-0.2, 0) is 28.6 Å². The minimum absolute atomic E-state index is 0.101. The first-order valence-electron chi connectivity index (χ1n) is 30.3. The van der Waals surface area contributed by atoms with Crippen LogP contribution in [0.1, 0.15) is 310 Å². The highest BCUT2D eigenvalue weighted by Gasteiger charge is 2.19. The number of hydrogen-bond acceptors (Lipinski definition) is 6. The average Bonchev–Trinajstić information content (AvgIpc) is 3.36. The Hall–Kier alpha value is -2.89. The van der Waals surface area contributed by atoms with Crippen molar-refractivity contribution in [3.8, 4) is 0 Å². The summed E-state index contributed by atoms with van der Waals surface area (Å²) in [6.45, 7) is 6.41. The summed E-state index contributed by atoms with van der Waals surface area (Å²) in [5.74, 6) is -1.04. The monoisotopic (exact) mass is 979 g/mol. The molecule has 0 saturated carbocycles. The standard InChI is InChI=1S/C64H114O6/c1-4-7-10-13-16-18-20-22-24-25-26-27-28-29-30-31-32-33-34-35-36-37-38-39-41-42-44-46-48-51-54-57-63(66)69-60-61(59-68-62(65)56-53-50-15-12-9-6-3)70-64(67)58-55-52-49-47-45-43-40-23-21-19-17-14-11-8-5-2/h8,11,17,19,23,40,45,47,52,55,61H,4-7,9-10,12-16,18,20-22,24-39,41-44,46,48-51,53-54,56-60H2,1-3H3/b11-8-,19-17-,40-23-,47-45-,55-52-. The van der Waals surface area contributed by atoms with Crippen LogP contribution in [0.15, 0.2) is 60.8 Å². The predicted octanol–water partition coefficient (Wildman–Crippen LogP) is 20.4. The molecule has 0 N–H and O–H groups in total. The molecule has 0 aliphatic carbocycles. The number of hydrogen-bond donors (Lipinski definition) is 0. The zero-order valence-electron chi connectivity index (χ0n) is 46.5. The van der Waals surface area contributed by atoms with Crippen molar-refractivity contribution in [2.24, 2.45) is 0 Å². The number of carbonyl (C=O) groups is 3. The Balaban J connectivity index is 4.00. The largest absolute Gasteiger partial charge is 0.462 e. The Labute approximate surface area is 434 Å². The van der Waals surface area contributed by atoms with E-state index in [1.54, 1.807) is 6.08 Å². The molecule has 0 heterocycles. The van der Waals surface area contributed by atoms with Crippen LogP contribution in [0.5, 0.6) is 0 Å². The van der Waals surface area contributed by atoms with Crippen molar-refractivity contribution < 1.29 is 28.6 Å². The summed E-state index contributed by atoms with van der Waals surface area (Å²) in [6.07, 6.45) is 74.6. The third-order valence-electron chi connectivity index (χ3n) is 13.3. The van der Waals surface area contributed by atoms with E-state index in [9.17, 15) is 14.4 Å². The van der Waals surface area contributed by atoms with Crippen LogP contribution in [0.4, 0.5) is 0 Å². The summed E-state index contributed by atoms with van der Waals surface area (Å²) < 4.78 is 16.6. The van der Waals surface area contributed by atoms with Gasteiger partial charge in [-0.1, -0.05) is 306 Å². The van der Waals surface area contributed by atoms with Crippen molar-refractivity contribution in [1.82, 2.24) is 0 Å². The predicted molar refractivity (Wildman–Crippen MR) is 302 cm³/mol. The van der Waals surface area contributed by atoms with E-state index in [4.69, 9.17) is 14.2 Å². The molecule has 0 spiro atoms. The molecule has 70 heavy (non-hydrogen) atoms. The molecule has 6 nitrogen and oxygen atoms in total. The molecular weight excluding hydrogens is 865 g/mol. The molecule has 0 aliphatic heterocycles. The van der Waals surface area contributed by atoms with E-state index in [-0.39, 0.29) is 31.6 Å². The van der Waals surface area contributed by atoms with E-state index in [1.807, 2.05) is 6.08 Å². The second-order valence-electron chi connectivity index (χ2n) is 20.3. The van der Waals surface area contributed by atoms with E-state index >= 15 is 0 Å². The van der Waals surface area contributed by atoms with Crippen LogP contribution in [0.25, 0.3) is 0 Å². The lowest BCUT2D eigenvalue weighted by Gasteiger charge is -2.18. The van der Waals surface area contributed by atoms with Gasteiger partial charge in [-0.25, -0.2) is 0 Å². The van der Waals surface area contributed by atoms with Gasteiger partial charge in [0.2, 0.25) is 0 Å². The second kappa shape index (κ2) is 58.7. The third-order valence-corrected chi connectivity index (χ3v) is 13.3. The quantitative estimate of drug-likeness (QED) is 0.0261. The van der Waals surface area contributed by atoms with Crippen LogP contribution < -0.4 is 0 Å². The Morgan fingerprint density at radius 1 is 0.300 bits per heavy atom. The van der Waals surface area contributed by atoms with Crippen molar-refractivity contribution in [2.75, 3.05) is 13.2 Å². The van der Waals surface area contributed by atoms with E-state index < -0.39 is 12.1 Å². The maximum Gasteiger partial charge on any atom is 0.310 e. The number of unbranched alkanes of at least 4 members (excludes halogenated alkanes) is 35. The van der Waals surface area contributed by atoms with Crippen molar-refractivity contribution in [3.63, 3.8) is 0 Å². The van der Waals surface area contributed by atoms with Gasteiger partial charge in [0.1, 0.15) is 13.2 Å². The number of carbonyl (C=O) groups excluding carboxylic acids is 3. The fourth-order valence-electron chi connectivity index (χ4n) is 8.82. The molecule has 0 saturated heterocycles. The lowest BCUT2D eigenvalue weighted by Crippen LogP contribution is -2.30. The molecule has 0 bridgehead atoms. The first-order chi connectivity index (χ1) is 34.5. The van der Waals surface area contributed by atoms with Crippen molar-refractivity contribution in [3.05, 3.63) is 60.8 Å². The van der Waals surface area contributed by atoms with Gasteiger partial charge >= 0.3 is 17.9 Å². The van der Waals surface area contributed by atoms with Gasteiger partial charge in [0, 0.05) is 12.8 Å². The van der Waals surface area contributed by atoms with Crippen LogP contribution in [-0.4, -0.2) is 37.2 Å². The van der Waals surface area contributed by atoms with Crippen LogP contribution in [0, 0.1) is 0 Å². The Morgan fingerprint density at radius 3 is 0.814 bits per heavy atom. The minimum atomic E-state index is -0.823. The zero-order chi connectivity index (χ0) is 50.7. The van der Waals surface area contributed by atoms with Gasteiger partial charge in [-0.2, -0.15) is 0 Å². The molecule has 0 aromatic carbocycles. The SMILES string of the molecule is CC/C=C\C/C=C\C/C=C\C/C=C\C/C=C\CC(=O)OC(COC(=O)CCCCCCCC)COC(=O)CCCCCCCCCCCCCCCCCCCCCCCCCCCCCCCCC. The Bertz CT molecular complexity index is 1260. The molecule has 406 valence electrons. The molecule has 0 aliphatic rings. The van der Waals surface area contributed by atoms with Crippen molar-refractivity contribution in [1.29, 1.82) is 0 Å². The lowest BCUT2D eigenvalue weighted by atomic mass is 10.0. The van der Waals surface area contributed by atoms with Gasteiger partial charge < -0.3 is 14.2 Å². The maximum absolute atomic E-state index is 12.7. The van der Waals surface area contributed by atoms with Crippen LogP contribution in [0.2, 0.25) is 0 Å². The smallest absolute Gasteiger partial charge is 0.310 e. The van der Waals surface area contributed by atoms with Crippen molar-refractivity contribution >= 4 is 17.9 Å². The summed E-state index contributed by atoms with van der Waals surface area (Å²) in [4.78, 5) is 37.8. The zero-order valence-corrected chi connectivity index (χ0v) is 46.5. The fraction of sp³-hybridized carbons (Fsp3) is 0.797. The molecule has 1 unspecified atom stereocenters. The third kappa shape index (κ3) is 56.0.